The van der Waals surface area contributed by atoms with Gasteiger partial charge in [-0.05, 0) is 6.07 Å². The van der Waals surface area contributed by atoms with Crippen LogP contribution in [0.5, 0.6) is 0 Å². The number of hydrogen-bond acceptors (Lipinski definition) is 4. The van der Waals surface area contributed by atoms with Crippen LogP contribution in [0.2, 0.25) is 0 Å². The zero-order chi connectivity index (χ0) is 14.5. The number of carbonyl (C=O) groups is 1. The minimum absolute atomic E-state index is 0.0474. The third-order valence-electron chi connectivity index (χ3n) is 3.36. The Morgan fingerprint density at radius 3 is 2.60 bits per heavy atom. The van der Waals surface area contributed by atoms with Gasteiger partial charge in [0.1, 0.15) is 0 Å². The highest BCUT2D eigenvalue weighted by Gasteiger charge is 2.22. The lowest BCUT2D eigenvalue weighted by molar-refractivity contribution is -0.384. The largest absolute Gasteiger partial charge is 0.336 e. The lowest BCUT2D eigenvalue weighted by Gasteiger charge is -2.34. The van der Waals surface area contributed by atoms with E-state index in [4.69, 9.17) is 0 Å². The van der Waals surface area contributed by atoms with Crippen LogP contribution in [0.25, 0.3) is 0 Å². The van der Waals surface area contributed by atoms with E-state index in [0.29, 0.717) is 18.7 Å². The van der Waals surface area contributed by atoms with E-state index in [0.717, 1.165) is 25.0 Å². The smallest absolute Gasteiger partial charge is 0.270 e. The van der Waals surface area contributed by atoms with E-state index in [1.54, 1.807) is 17.0 Å². The number of non-ortho nitro benzene ring substituents is 1. The minimum atomic E-state index is -0.481. The first-order valence-electron chi connectivity index (χ1n) is 6.44. The standard InChI is InChI=1S/C13H16BrN3O3/c14-4-5-15-6-8-16(9-7-15)13(18)11-2-1-3-12(10-11)17(19)20/h1-3,10H,4-9H2. The van der Waals surface area contributed by atoms with Gasteiger partial charge in [0.05, 0.1) is 4.92 Å². The second-order valence-electron chi connectivity index (χ2n) is 4.63. The highest BCUT2D eigenvalue weighted by atomic mass is 79.9. The van der Waals surface area contributed by atoms with E-state index in [-0.39, 0.29) is 11.6 Å². The van der Waals surface area contributed by atoms with Gasteiger partial charge in [-0.1, -0.05) is 22.0 Å². The Bertz CT molecular complexity index is 501. The summed E-state index contributed by atoms with van der Waals surface area (Å²) < 4.78 is 0. The van der Waals surface area contributed by atoms with Gasteiger partial charge in [0.25, 0.3) is 11.6 Å². The van der Waals surface area contributed by atoms with E-state index < -0.39 is 4.92 Å². The molecule has 0 aromatic heterocycles. The van der Waals surface area contributed by atoms with Gasteiger partial charge in [0, 0.05) is 55.8 Å². The molecule has 1 amide bonds. The summed E-state index contributed by atoms with van der Waals surface area (Å²) in [7, 11) is 0. The molecule has 1 fully saturated rings. The van der Waals surface area contributed by atoms with Gasteiger partial charge in [0.2, 0.25) is 0 Å². The van der Waals surface area contributed by atoms with Crippen LogP contribution in [0.1, 0.15) is 10.4 Å². The molecule has 0 aliphatic carbocycles. The van der Waals surface area contributed by atoms with Crippen LogP contribution in [-0.2, 0) is 0 Å². The number of benzene rings is 1. The van der Waals surface area contributed by atoms with Gasteiger partial charge in [-0.15, -0.1) is 0 Å². The first-order chi connectivity index (χ1) is 9.61. The molecule has 0 spiro atoms. The number of rotatable bonds is 4. The number of amides is 1. The zero-order valence-electron chi connectivity index (χ0n) is 11.0. The van der Waals surface area contributed by atoms with Crippen LogP contribution in [0.4, 0.5) is 5.69 Å². The van der Waals surface area contributed by atoms with Crippen LogP contribution < -0.4 is 0 Å². The van der Waals surface area contributed by atoms with E-state index >= 15 is 0 Å². The summed E-state index contributed by atoms with van der Waals surface area (Å²) in [4.78, 5) is 26.6. The van der Waals surface area contributed by atoms with E-state index in [1.807, 2.05) is 0 Å². The lowest BCUT2D eigenvalue weighted by atomic mass is 10.1. The molecule has 7 heteroatoms. The lowest BCUT2D eigenvalue weighted by Crippen LogP contribution is -2.49. The summed E-state index contributed by atoms with van der Waals surface area (Å²) >= 11 is 3.40. The van der Waals surface area contributed by atoms with Crippen molar-refractivity contribution in [3.05, 3.63) is 39.9 Å². The van der Waals surface area contributed by atoms with Gasteiger partial charge in [-0.3, -0.25) is 19.8 Å². The predicted molar refractivity (Wildman–Crippen MR) is 79.2 cm³/mol. The van der Waals surface area contributed by atoms with Gasteiger partial charge >= 0.3 is 0 Å². The van der Waals surface area contributed by atoms with Crippen molar-refractivity contribution in [3.8, 4) is 0 Å². The van der Waals surface area contributed by atoms with Crippen LogP contribution >= 0.6 is 15.9 Å². The van der Waals surface area contributed by atoms with Crippen molar-refractivity contribution in [3.63, 3.8) is 0 Å². The van der Waals surface area contributed by atoms with Crippen molar-refractivity contribution >= 4 is 27.5 Å². The number of nitrogens with zero attached hydrogens (tertiary/aromatic N) is 3. The van der Waals surface area contributed by atoms with Crippen molar-refractivity contribution < 1.29 is 9.72 Å². The first kappa shape index (κ1) is 14.9. The summed E-state index contributed by atoms with van der Waals surface area (Å²) in [6, 6.07) is 5.91. The predicted octanol–water partition coefficient (Wildman–Crippen LogP) is 1.75. The molecule has 108 valence electrons. The second-order valence-corrected chi connectivity index (χ2v) is 5.42. The van der Waals surface area contributed by atoms with E-state index in [2.05, 4.69) is 20.8 Å². The molecule has 0 N–H and O–H groups in total. The Morgan fingerprint density at radius 2 is 2.00 bits per heavy atom. The maximum Gasteiger partial charge on any atom is 0.270 e. The Labute approximate surface area is 125 Å². The molecule has 20 heavy (non-hydrogen) atoms. The van der Waals surface area contributed by atoms with Crippen molar-refractivity contribution in [1.82, 2.24) is 9.80 Å². The number of nitro benzene ring substituents is 1. The summed E-state index contributed by atoms with van der Waals surface area (Å²) in [6.07, 6.45) is 0. The summed E-state index contributed by atoms with van der Waals surface area (Å²) in [5.41, 5.74) is 0.335. The molecule has 1 aliphatic heterocycles. The van der Waals surface area contributed by atoms with Crippen LogP contribution in [0, 0.1) is 10.1 Å². The molecule has 1 aromatic carbocycles. The quantitative estimate of drug-likeness (QED) is 0.475. The molecule has 1 aromatic rings. The SMILES string of the molecule is O=C(c1cccc([N+](=O)[O-])c1)N1CCN(CCBr)CC1. The average molecular weight is 342 g/mol. The normalized spacial score (nSPS) is 16.1. The number of halogens is 1. The highest BCUT2D eigenvalue weighted by Crippen LogP contribution is 2.15. The maximum atomic E-state index is 12.3. The topological polar surface area (TPSA) is 66.7 Å². The summed E-state index contributed by atoms with van der Waals surface area (Å²) in [5.74, 6) is -0.132. The molecule has 0 bridgehead atoms. The number of carbonyl (C=O) groups excluding carboxylic acids is 1. The monoisotopic (exact) mass is 341 g/mol. The Balaban J connectivity index is 2.02. The molecule has 0 radical (unpaired) electrons. The molecule has 0 atom stereocenters. The second kappa shape index (κ2) is 6.81. The summed E-state index contributed by atoms with van der Waals surface area (Å²) in [6.45, 7) is 3.97. The van der Waals surface area contributed by atoms with Crippen molar-refractivity contribution in [2.24, 2.45) is 0 Å². The fraction of sp³-hybridized carbons (Fsp3) is 0.462. The number of hydrogen-bond donors (Lipinski definition) is 0. The van der Waals surface area contributed by atoms with E-state index in [9.17, 15) is 14.9 Å². The molecular weight excluding hydrogens is 326 g/mol. The average Bonchev–Trinajstić information content (AvgIpc) is 2.48. The third-order valence-corrected chi connectivity index (χ3v) is 3.72. The number of piperazine rings is 1. The summed E-state index contributed by atoms with van der Waals surface area (Å²) in [5, 5.41) is 11.7. The fourth-order valence-corrected chi connectivity index (χ4v) is 2.73. The molecule has 6 nitrogen and oxygen atoms in total. The molecular formula is C13H16BrN3O3. The Kier molecular flexibility index (Phi) is 5.08. The van der Waals surface area contributed by atoms with Gasteiger partial charge in [-0.2, -0.15) is 0 Å². The van der Waals surface area contributed by atoms with Crippen LogP contribution in [0.3, 0.4) is 0 Å². The molecule has 1 saturated heterocycles. The fourth-order valence-electron chi connectivity index (χ4n) is 2.23. The highest BCUT2D eigenvalue weighted by molar-refractivity contribution is 9.09. The molecule has 1 aliphatic rings. The van der Waals surface area contributed by atoms with Crippen molar-refractivity contribution in [1.29, 1.82) is 0 Å². The number of nitro groups is 1. The van der Waals surface area contributed by atoms with Crippen LogP contribution in [-0.4, -0.2) is 58.7 Å². The molecule has 0 saturated carbocycles. The molecule has 2 rings (SSSR count). The van der Waals surface area contributed by atoms with E-state index in [1.165, 1.54) is 12.1 Å². The molecule has 0 unspecified atom stereocenters. The Hall–Kier alpha value is -1.47. The minimum Gasteiger partial charge on any atom is -0.336 e. The van der Waals surface area contributed by atoms with Gasteiger partial charge < -0.3 is 4.90 Å². The number of alkyl halides is 1. The van der Waals surface area contributed by atoms with Gasteiger partial charge in [0.15, 0.2) is 0 Å². The van der Waals surface area contributed by atoms with Crippen molar-refractivity contribution in [2.75, 3.05) is 38.1 Å². The van der Waals surface area contributed by atoms with Crippen molar-refractivity contribution in [2.45, 2.75) is 0 Å². The zero-order valence-corrected chi connectivity index (χ0v) is 12.6. The van der Waals surface area contributed by atoms with Gasteiger partial charge in [-0.25, -0.2) is 0 Å². The maximum absolute atomic E-state index is 12.3. The molecule has 1 heterocycles. The Morgan fingerprint density at radius 1 is 1.30 bits per heavy atom. The third kappa shape index (κ3) is 3.55. The first-order valence-corrected chi connectivity index (χ1v) is 7.56. The van der Waals surface area contributed by atoms with Crippen LogP contribution in [0.15, 0.2) is 24.3 Å².